The molecule has 0 aromatic carbocycles. The van der Waals surface area contributed by atoms with Crippen LogP contribution in [-0.2, 0) is 20.5 Å². The van der Waals surface area contributed by atoms with E-state index in [2.05, 4.69) is 20.1 Å². The largest absolute Gasteiger partial charge is 0.393 e. The Morgan fingerprint density at radius 2 is 2.42 bits per heavy atom. The number of aliphatic hydroxyl groups is 1. The second-order valence-corrected chi connectivity index (χ2v) is 7.82. The fourth-order valence-corrected chi connectivity index (χ4v) is 4.88. The molecule has 26 heavy (non-hydrogen) atoms. The van der Waals surface area contributed by atoms with Crippen LogP contribution in [0.1, 0.15) is 19.5 Å². The van der Waals surface area contributed by atoms with Gasteiger partial charge in [-0.1, -0.05) is 6.92 Å². The maximum Gasteiger partial charge on any atom is 0.365 e. The quantitative estimate of drug-likeness (QED) is 0.400. The van der Waals surface area contributed by atoms with Crippen LogP contribution in [0, 0.1) is 11.8 Å². The number of thioether (sulfide) groups is 1. The lowest BCUT2D eigenvalue weighted by molar-refractivity contribution is -0.162. The highest BCUT2D eigenvalue weighted by Gasteiger charge is 2.60. The lowest BCUT2D eigenvalue weighted by Gasteiger charge is -2.46. The fraction of sp³-hybridized carbons (Fsp3) is 0.571. The summed E-state index contributed by atoms with van der Waals surface area (Å²) in [5, 5.41) is 20.2. The zero-order valence-corrected chi connectivity index (χ0v) is 15.9. The normalized spacial score (nSPS) is 26.2. The van der Waals surface area contributed by atoms with Gasteiger partial charge in [-0.2, -0.15) is 15.4 Å². The molecule has 2 aliphatic rings. The van der Waals surface area contributed by atoms with Crippen molar-refractivity contribution in [1.82, 2.24) is 20.3 Å². The van der Waals surface area contributed by atoms with Crippen molar-refractivity contribution < 1.29 is 19.2 Å². The van der Waals surface area contributed by atoms with Crippen molar-refractivity contribution in [2.75, 3.05) is 5.75 Å². The van der Waals surface area contributed by atoms with Crippen LogP contribution in [0.3, 0.4) is 0 Å². The van der Waals surface area contributed by atoms with Crippen molar-refractivity contribution in [2.45, 2.75) is 32.4 Å². The molecule has 4 atom stereocenters. The Morgan fingerprint density at radius 3 is 3.04 bits per heavy atom. The van der Waals surface area contributed by atoms with Crippen molar-refractivity contribution in [3.63, 3.8) is 0 Å². The second kappa shape index (κ2) is 7.90. The Bertz CT molecular complexity index is 757. The molecule has 12 heteroatoms. The minimum atomic E-state index is -0.778. The van der Waals surface area contributed by atoms with Gasteiger partial charge in [-0.15, -0.1) is 11.8 Å². The summed E-state index contributed by atoms with van der Waals surface area (Å²) < 4.78 is 8.24. The minimum Gasteiger partial charge on any atom is -0.393 e. The average molecular weight is 393 g/mol. The maximum atomic E-state index is 12.5. The molecule has 0 spiro atoms. The first-order valence-electron chi connectivity index (χ1n) is 8.01. The van der Waals surface area contributed by atoms with Crippen LogP contribution in [0.2, 0.25) is 0 Å². The van der Waals surface area contributed by atoms with E-state index >= 15 is 0 Å². The number of aromatic nitrogens is 3. The molecule has 136 valence electrons. The van der Waals surface area contributed by atoms with Gasteiger partial charge in [0.25, 0.3) is 7.98 Å². The van der Waals surface area contributed by atoms with Gasteiger partial charge in [0.1, 0.15) is 5.70 Å². The van der Waals surface area contributed by atoms with E-state index in [4.69, 9.17) is 12.5 Å². The summed E-state index contributed by atoms with van der Waals surface area (Å²) in [5.41, 5.74) is 1.04. The number of aliphatic hydroxyl groups excluding tert-OH is 1. The summed E-state index contributed by atoms with van der Waals surface area (Å²) in [6, 6.07) is -0.244. The molecule has 2 N–H and O–H groups in total. The number of aryl methyl sites for hydroxylation is 1. The van der Waals surface area contributed by atoms with Gasteiger partial charge in [0.2, 0.25) is 14.5 Å². The lowest BCUT2D eigenvalue weighted by atomic mass is 9.79. The number of carbonyl (C=O) groups is 2. The minimum absolute atomic E-state index is 0.0305. The van der Waals surface area contributed by atoms with Gasteiger partial charge in [-0.25, -0.2) is 4.79 Å². The zero-order chi connectivity index (χ0) is 18.8. The number of hydrogen-bond acceptors (Lipinski definition) is 8. The smallest absolute Gasteiger partial charge is 0.365 e. The molecule has 1 amide bonds. The molecule has 0 aliphatic carbocycles. The molecule has 3 heterocycles. The number of nitrogens with zero attached hydrogens (tertiary/aromatic N) is 4. The van der Waals surface area contributed by atoms with Gasteiger partial charge in [-0.05, 0) is 6.92 Å². The SMILES string of the molecule is [B]N=POC(=O)C1=C(SCCc2cn[nH]n2)C(C)C2C(C(C)O)C(=O)N12. The molecule has 2 radical (unpaired) electrons. The molecule has 1 fully saturated rings. The predicted octanol–water partition coefficient (Wildman–Crippen LogP) is 0.821. The number of rotatable bonds is 7. The average Bonchev–Trinajstić information content (AvgIpc) is 3.19. The third kappa shape index (κ3) is 3.31. The molecular weight excluding hydrogens is 376 g/mol. The van der Waals surface area contributed by atoms with E-state index in [1.807, 2.05) is 6.92 Å². The first-order chi connectivity index (χ1) is 12.5. The molecule has 9 nitrogen and oxygen atoms in total. The third-order valence-corrected chi connectivity index (χ3v) is 6.18. The summed E-state index contributed by atoms with van der Waals surface area (Å²) >= 11 is 1.48. The van der Waals surface area contributed by atoms with Crippen LogP contribution in [0.4, 0.5) is 0 Å². The molecule has 3 rings (SSSR count). The maximum absolute atomic E-state index is 12.5. The standard InChI is InChI=1S/C14H17BN5O4PS/c1-6-10-9(7(2)21)13(22)20(10)11(14(23)24-25-18-15)12(6)26-4-3-8-5-16-19-17-8/h5-7,9-10,21H,3-4H2,1-2H3,(H,16,17,19). The number of carbonyl (C=O) groups excluding carboxylic acids is 2. The van der Waals surface area contributed by atoms with E-state index in [-0.39, 0.29) is 32.2 Å². The number of β-lactam (4-membered cyclic amide) rings is 1. The highest BCUT2D eigenvalue weighted by molar-refractivity contribution is 8.03. The molecule has 0 saturated carbocycles. The van der Waals surface area contributed by atoms with Crippen molar-refractivity contribution in [2.24, 2.45) is 16.5 Å². The van der Waals surface area contributed by atoms with E-state index in [0.717, 1.165) is 10.6 Å². The Hall–Kier alpha value is -1.71. The highest BCUT2D eigenvalue weighted by atomic mass is 32.2. The Kier molecular flexibility index (Phi) is 5.79. The van der Waals surface area contributed by atoms with Crippen LogP contribution < -0.4 is 0 Å². The summed E-state index contributed by atoms with van der Waals surface area (Å²) in [5.74, 6) is -0.841. The number of H-pyrrole nitrogens is 1. The summed E-state index contributed by atoms with van der Waals surface area (Å²) in [7, 11) is 4.99. The number of amides is 1. The lowest BCUT2D eigenvalue weighted by Crippen LogP contribution is -2.63. The molecule has 1 aromatic heterocycles. The van der Waals surface area contributed by atoms with Gasteiger partial charge >= 0.3 is 5.97 Å². The van der Waals surface area contributed by atoms with E-state index in [0.29, 0.717) is 12.2 Å². The van der Waals surface area contributed by atoms with Crippen LogP contribution in [-0.4, -0.2) is 63.2 Å². The number of fused-ring (bicyclic) bond motifs is 1. The van der Waals surface area contributed by atoms with Crippen LogP contribution >= 0.6 is 20.4 Å². The predicted molar refractivity (Wildman–Crippen MR) is 95.7 cm³/mol. The van der Waals surface area contributed by atoms with Gasteiger partial charge in [0.05, 0.1) is 30.0 Å². The zero-order valence-electron chi connectivity index (χ0n) is 14.2. The Labute approximate surface area is 157 Å². The van der Waals surface area contributed by atoms with Crippen LogP contribution in [0.15, 0.2) is 21.5 Å². The third-order valence-electron chi connectivity index (χ3n) is 4.55. The summed E-state index contributed by atoms with van der Waals surface area (Å²) in [6.07, 6.45) is 1.53. The van der Waals surface area contributed by atoms with Crippen molar-refractivity contribution >= 4 is 40.2 Å². The number of aromatic amines is 1. The van der Waals surface area contributed by atoms with Crippen LogP contribution in [0.25, 0.3) is 0 Å². The molecule has 1 saturated heterocycles. The van der Waals surface area contributed by atoms with E-state index < -0.39 is 18.0 Å². The highest BCUT2D eigenvalue weighted by Crippen LogP contribution is 2.50. The van der Waals surface area contributed by atoms with E-state index in [9.17, 15) is 14.7 Å². The van der Waals surface area contributed by atoms with Crippen molar-refractivity contribution in [3.05, 3.63) is 22.5 Å². The van der Waals surface area contributed by atoms with E-state index in [1.165, 1.54) is 16.7 Å². The van der Waals surface area contributed by atoms with Crippen LogP contribution in [0.5, 0.6) is 0 Å². The molecule has 1 aromatic rings. The number of hydrogen-bond donors (Lipinski definition) is 2. The molecule has 4 unspecified atom stereocenters. The topological polar surface area (TPSA) is 121 Å². The van der Waals surface area contributed by atoms with Gasteiger partial charge in [0.15, 0.2) is 0 Å². The van der Waals surface area contributed by atoms with Crippen molar-refractivity contribution in [3.8, 4) is 0 Å². The molecule has 2 aliphatic heterocycles. The second-order valence-electron chi connectivity index (χ2n) is 6.10. The Balaban J connectivity index is 1.81. The van der Waals surface area contributed by atoms with Crippen molar-refractivity contribution in [1.29, 1.82) is 0 Å². The molecular formula is C14H17BN5O4PS. The van der Waals surface area contributed by atoms with E-state index in [1.54, 1.807) is 13.1 Å². The van der Waals surface area contributed by atoms with Gasteiger partial charge in [0, 0.05) is 23.0 Å². The monoisotopic (exact) mass is 393 g/mol. The van der Waals surface area contributed by atoms with Gasteiger partial charge < -0.3 is 19.2 Å². The first-order valence-corrected chi connectivity index (χ1v) is 9.76. The number of nitrogens with one attached hydrogen (secondary N) is 1. The van der Waals surface area contributed by atoms with Gasteiger partial charge in [-0.3, -0.25) is 4.79 Å². The fourth-order valence-electron chi connectivity index (χ4n) is 3.42. The summed E-state index contributed by atoms with van der Waals surface area (Å²) in [6.45, 7) is 3.54. The Morgan fingerprint density at radius 1 is 1.65 bits per heavy atom. The molecule has 0 bridgehead atoms. The first kappa shape index (κ1) is 19.1. The summed E-state index contributed by atoms with van der Waals surface area (Å²) in [4.78, 5) is 27.1.